The van der Waals surface area contributed by atoms with Crippen LogP contribution in [-0.2, 0) is 4.79 Å². The minimum Gasteiger partial charge on any atom is -0.493 e. The molecule has 1 aromatic heterocycles. The molecule has 0 bridgehead atoms. The van der Waals surface area contributed by atoms with E-state index in [1.54, 1.807) is 30.5 Å². The van der Waals surface area contributed by atoms with Crippen molar-refractivity contribution in [2.24, 2.45) is 5.92 Å². The van der Waals surface area contributed by atoms with E-state index in [9.17, 15) is 4.79 Å². The molecule has 1 unspecified atom stereocenters. The second-order valence-electron chi connectivity index (χ2n) is 6.84. The maximum absolute atomic E-state index is 12.5. The lowest BCUT2D eigenvalue weighted by Gasteiger charge is -2.24. The SMILES string of the molecule is COc1cc(C=CC(=O)NC(NC(=S)Nc2ccccn2)C(C)C)cc(OC)c1OC. The van der Waals surface area contributed by atoms with Gasteiger partial charge in [0, 0.05) is 12.3 Å². The molecular formula is C22H28N4O4S. The van der Waals surface area contributed by atoms with Gasteiger partial charge in [0.25, 0.3) is 0 Å². The van der Waals surface area contributed by atoms with E-state index in [0.717, 1.165) is 5.56 Å². The zero-order valence-corrected chi connectivity index (χ0v) is 19.1. The summed E-state index contributed by atoms with van der Waals surface area (Å²) >= 11 is 5.33. The summed E-state index contributed by atoms with van der Waals surface area (Å²) in [5, 5.41) is 9.38. The van der Waals surface area contributed by atoms with Crippen LogP contribution in [-0.4, -0.2) is 43.5 Å². The first-order chi connectivity index (χ1) is 14.9. The van der Waals surface area contributed by atoms with Crippen LogP contribution in [0.3, 0.4) is 0 Å². The number of rotatable bonds is 9. The summed E-state index contributed by atoms with van der Waals surface area (Å²) in [7, 11) is 4.62. The molecule has 2 rings (SSSR count). The molecule has 3 N–H and O–H groups in total. The second kappa shape index (κ2) is 11.8. The molecule has 1 atom stereocenters. The van der Waals surface area contributed by atoms with Gasteiger partial charge in [-0.1, -0.05) is 19.9 Å². The maximum atomic E-state index is 12.5. The number of ether oxygens (including phenoxy) is 3. The quantitative estimate of drug-likeness (QED) is 0.308. The zero-order chi connectivity index (χ0) is 22.8. The van der Waals surface area contributed by atoms with Crippen LogP contribution < -0.4 is 30.2 Å². The first-order valence-electron chi connectivity index (χ1n) is 9.65. The average molecular weight is 445 g/mol. The molecule has 0 aliphatic rings. The van der Waals surface area contributed by atoms with Gasteiger partial charge in [-0.05, 0) is 54.0 Å². The van der Waals surface area contributed by atoms with E-state index in [1.807, 2.05) is 26.0 Å². The highest BCUT2D eigenvalue weighted by molar-refractivity contribution is 7.80. The van der Waals surface area contributed by atoms with Crippen molar-refractivity contribution < 1.29 is 19.0 Å². The molecule has 0 radical (unpaired) electrons. The molecule has 1 amide bonds. The highest BCUT2D eigenvalue weighted by Gasteiger charge is 2.17. The summed E-state index contributed by atoms with van der Waals surface area (Å²) < 4.78 is 16.0. The lowest BCUT2D eigenvalue weighted by molar-refractivity contribution is -0.117. The van der Waals surface area contributed by atoms with Crippen LogP contribution in [0.5, 0.6) is 17.2 Å². The van der Waals surface area contributed by atoms with Crippen molar-refractivity contribution in [3.05, 3.63) is 48.2 Å². The Morgan fingerprint density at radius 1 is 1.06 bits per heavy atom. The molecule has 0 spiro atoms. The summed E-state index contributed by atoms with van der Waals surface area (Å²) in [5.41, 5.74) is 0.728. The summed E-state index contributed by atoms with van der Waals surface area (Å²) in [6.07, 6.45) is 4.40. The highest BCUT2D eigenvalue weighted by Crippen LogP contribution is 2.38. The maximum Gasteiger partial charge on any atom is 0.245 e. The van der Waals surface area contributed by atoms with Gasteiger partial charge in [-0.15, -0.1) is 0 Å². The molecule has 166 valence electrons. The zero-order valence-electron chi connectivity index (χ0n) is 18.3. The lowest BCUT2D eigenvalue weighted by Crippen LogP contribution is -2.51. The van der Waals surface area contributed by atoms with Gasteiger partial charge in [-0.25, -0.2) is 4.98 Å². The van der Waals surface area contributed by atoms with E-state index < -0.39 is 0 Å². The number of nitrogens with zero attached hydrogens (tertiary/aromatic N) is 1. The third kappa shape index (κ3) is 7.14. The van der Waals surface area contributed by atoms with Crippen LogP contribution in [0.15, 0.2) is 42.6 Å². The third-order valence-corrected chi connectivity index (χ3v) is 4.49. The van der Waals surface area contributed by atoms with Gasteiger partial charge < -0.3 is 30.2 Å². The number of amides is 1. The monoisotopic (exact) mass is 444 g/mol. The van der Waals surface area contributed by atoms with E-state index in [0.29, 0.717) is 28.2 Å². The fraction of sp³-hybridized carbons (Fsp3) is 0.318. The summed E-state index contributed by atoms with van der Waals surface area (Å²) in [6.45, 7) is 3.95. The van der Waals surface area contributed by atoms with E-state index in [4.69, 9.17) is 26.4 Å². The molecule has 0 aliphatic heterocycles. The fourth-order valence-electron chi connectivity index (χ4n) is 2.67. The molecule has 2 aromatic rings. The molecule has 9 heteroatoms. The Hall–Kier alpha value is -3.33. The van der Waals surface area contributed by atoms with Crippen LogP contribution in [0.4, 0.5) is 5.82 Å². The van der Waals surface area contributed by atoms with Gasteiger partial charge in [0.15, 0.2) is 16.6 Å². The number of hydrogen-bond acceptors (Lipinski definition) is 6. The predicted octanol–water partition coefficient (Wildman–Crippen LogP) is 3.21. The van der Waals surface area contributed by atoms with Gasteiger partial charge >= 0.3 is 0 Å². The smallest absolute Gasteiger partial charge is 0.245 e. The van der Waals surface area contributed by atoms with Crippen LogP contribution in [0, 0.1) is 5.92 Å². The number of carbonyl (C=O) groups is 1. The molecule has 0 fully saturated rings. The number of pyridine rings is 1. The molecular weight excluding hydrogens is 416 g/mol. The number of hydrogen-bond donors (Lipinski definition) is 3. The van der Waals surface area contributed by atoms with Crippen LogP contribution in [0.25, 0.3) is 6.08 Å². The van der Waals surface area contributed by atoms with Crippen LogP contribution in [0.1, 0.15) is 19.4 Å². The van der Waals surface area contributed by atoms with Gasteiger partial charge in [-0.3, -0.25) is 4.79 Å². The third-order valence-electron chi connectivity index (χ3n) is 4.27. The average Bonchev–Trinajstić information content (AvgIpc) is 2.76. The van der Waals surface area contributed by atoms with Crippen molar-refractivity contribution in [2.75, 3.05) is 26.6 Å². The fourth-order valence-corrected chi connectivity index (χ4v) is 2.90. The molecule has 1 heterocycles. The highest BCUT2D eigenvalue weighted by atomic mass is 32.1. The minimum atomic E-state index is -0.374. The van der Waals surface area contributed by atoms with E-state index in [-0.39, 0.29) is 18.0 Å². The number of anilines is 1. The number of aromatic nitrogens is 1. The van der Waals surface area contributed by atoms with Gasteiger partial charge in [0.1, 0.15) is 12.0 Å². The van der Waals surface area contributed by atoms with Gasteiger partial charge in [0.2, 0.25) is 11.7 Å². The molecule has 0 saturated carbocycles. The number of carbonyl (C=O) groups excluding carboxylic acids is 1. The summed E-state index contributed by atoms with van der Waals surface area (Å²) in [4.78, 5) is 16.7. The molecule has 8 nitrogen and oxygen atoms in total. The van der Waals surface area contributed by atoms with E-state index >= 15 is 0 Å². The number of thiocarbonyl (C=S) groups is 1. The summed E-state index contributed by atoms with van der Waals surface area (Å²) in [5.74, 6) is 1.94. The van der Waals surface area contributed by atoms with Gasteiger partial charge in [-0.2, -0.15) is 0 Å². The van der Waals surface area contributed by atoms with E-state index in [1.165, 1.54) is 27.4 Å². The number of nitrogens with one attached hydrogen (secondary N) is 3. The molecule has 0 saturated heterocycles. The standard InChI is InChI=1S/C22H28N4O4S/c1-14(2)21(26-22(31)24-18-8-6-7-11-23-18)25-19(27)10-9-15-12-16(28-3)20(30-5)17(13-15)29-4/h6-14,21H,1-5H3,(H,25,27)(H2,23,24,26,31). The Kier molecular flexibility index (Phi) is 9.08. The number of methoxy groups -OCH3 is 3. The molecule has 0 aliphatic carbocycles. The van der Waals surface area contributed by atoms with Crippen molar-refractivity contribution >= 4 is 35.1 Å². The first kappa shape index (κ1) is 23.9. The van der Waals surface area contributed by atoms with Crippen molar-refractivity contribution in [3.8, 4) is 17.2 Å². The van der Waals surface area contributed by atoms with Crippen LogP contribution in [0.2, 0.25) is 0 Å². The Labute approximate surface area is 188 Å². The second-order valence-corrected chi connectivity index (χ2v) is 7.24. The van der Waals surface area contributed by atoms with Gasteiger partial charge in [0.05, 0.1) is 21.3 Å². The predicted molar refractivity (Wildman–Crippen MR) is 125 cm³/mol. The first-order valence-corrected chi connectivity index (χ1v) is 10.1. The van der Waals surface area contributed by atoms with E-state index in [2.05, 4.69) is 20.9 Å². The Bertz CT molecular complexity index is 894. The van der Waals surface area contributed by atoms with Crippen LogP contribution >= 0.6 is 12.2 Å². The Balaban J connectivity index is 2.04. The normalized spacial score (nSPS) is 11.7. The molecule has 31 heavy (non-hydrogen) atoms. The van der Waals surface area contributed by atoms with Crippen molar-refractivity contribution in [3.63, 3.8) is 0 Å². The van der Waals surface area contributed by atoms with Crippen molar-refractivity contribution in [2.45, 2.75) is 20.0 Å². The largest absolute Gasteiger partial charge is 0.493 e. The number of benzene rings is 1. The Morgan fingerprint density at radius 2 is 1.74 bits per heavy atom. The topological polar surface area (TPSA) is 93.7 Å². The molecule has 1 aromatic carbocycles. The Morgan fingerprint density at radius 3 is 2.26 bits per heavy atom. The lowest BCUT2D eigenvalue weighted by atomic mass is 10.1. The van der Waals surface area contributed by atoms with Crippen molar-refractivity contribution in [1.29, 1.82) is 0 Å². The summed E-state index contributed by atoms with van der Waals surface area (Å²) in [6, 6.07) is 8.99. The van der Waals surface area contributed by atoms with Crippen molar-refractivity contribution in [1.82, 2.24) is 15.6 Å². The minimum absolute atomic E-state index is 0.0852.